The van der Waals surface area contributed by atoms with E-state index in [0.717, 1.165) is 12.8 Å². The van der Waals surface area contributed by atoms with E-state index in [2.05, 4.69) is 28.1 Å². The summed E-state index contributed by atoms with van der Waals surface area (Å²) in [6.07, 6.45) is 8.57. The Morgan fingerprint density at radius 3 is 2.60 bits per heavy atom. The summed E-state index contributed by atoms with van der Waals surface area (Å²) in [4.78, 5) is 11.8. The maximum atomic E-state index is 11.8. The fourth-order valence-corrected chi connectivity index (χ4v) is 4.45. The molecule has 0 amide bonds. The van der Waals surface area contributed by atoms with Crippen molar-refractivity contribution in [3.05, 3.63) is 33.3 Å². The van der Waals surface area contributed by atoms with Crippen LogP contribution in [0, 0.1) is 0 Å². The van der Waals surface area contributed by atoms with Crippen molar-refractivity contribution in [3.8, 4) is 0 Å². The van der Waals surface area contributed by atoms with E-state index in [1.807, 2.05) is 0 Å². The zero-order chi connectivity index (χ0) is 14.1. The summed E-state index contributed by atoms with van der Waals surface area (Å²) in [6.45, 7) is 0. The van der Waals surface area contributed by atoms with Gasteiger partial charge >= 0.3 is 5.97 Å². The van der Waals surface area contributed by atoms with Crippen molar-refractivity contribution in [1.29, 1.82) is 0 Å². The van der Waals surface area contributed by atoms with Crippen LogP contribution in [0.15, 0.2) is 16.6 Å². The van der Waals surface area contributed by atoms with Crippen LogP contribution in [0.4, 0.5) is 0 Å². The highest BCUT2D eigenvalue weighted by atomic mass is 79.9. The predicted molar refractivity (Wildman–Crippen MR) is 83.0 cm³/mol. The average molecular weight is 337 g/mol. The minimum absolute atomic E-state index is 0.0632. The molecule has 0 radical (unpaired) electrons. The van der Waals surface area contributed by atoms with Crippen molar-refractivity contribution in [2.24, 2.45) is 0 Å². The quantitative estimate of drug-likeness (QED) is 0.731. The van der Waals surface area contributed by atoms with Gasteiger partial charge in [0.1, 0.15) is 0 Å². The molecule has 0 spiro atoms. The molecule has 0 saturated heterocycles. The molecule has 0 aromatic heterocycles. The van der Waals surface area contributed by atoms with Gasteiger partial charge in [-0.1, -0.05) is 41.3 Å². The third kappa shape index (κ3) is 2.52. The van der Waals surface area contributed by atoms with Crippen molar-refractivity contribution in [3.63, 3.8) is 0 Å². The highest BCUT2D eigenvalue weighted by Crippen LogP contribution is 2.42. The molecule has 2 aliphatic carbocycles. The number of ether oxygens (including phenoxy) is 1. The minimum Gasteiger partial charge on any atom is -0.469 e. The Kier molecular flexibility index (Phi) is 4.16. The van der Waals surface area contributed by atoms with E-state index in [0.29, 0.717) is 5.92 Å². The standard InChI is InChI=1S/C17H21BrO2/c1-20-17(19)13-8-7-12-9-15(16(18)10-14(12)13)11-5-3-2-4-6-11/h9-11,13H,2-8H2,1H3. The van der Waals surface area contributed by atoms with Gasteiger partial charge in [0.25, 0.3) is 0 Å². The summed E-state index contributed by atoms with van der Waals surface area (Å²) in [6, 6.07) is 4.52. The van der Waals surface area contributed by atoms with Gasteiger partial charge in [-0.2, -0.15) is 0 Å². The van der Waals surface area contributed by atoms with Crippen LogP contribution in [0.2, 0.25) is 0 Å². The van der Waals surface area contributed by atoms with Gasteiger partial charge in [-0.15, -0.1) is 0 Å². The van der Waals surface area contributed by atoms with Gasteiger partial charge in [-0.3, -0.25) is 4.79 Å². The first-order valence-electron chi connectivity index (χ1n) is 7.60. The highest BCUT2D eigenvalue weighted by Gasteiger charge is 2.31. The fourth-order valence-electron chi connectivity index (χ4n) is 3.76. The lowest BCUT2D eigenvalue weighted by Gasteiger charge is -2.24. The largest absolute Gasteiger partial charge is 0.469 e. The molecule has 0 N–H and O–H groups in total. The van der Waals surface area contributed by atoms with E-state index in [1.54, 1.807) is 0 Å². The summed E-state index contributed by atoms with van der Waals surface area (Å²) in [7, 11) is 1.48. The van der Waals surface area contributed by atoms with Crippen LogP contribution in [0.3, 0.4) is 0 Å². The molecule has 1 atom stereocenters. The normalized spacial score (nSPS) is 22.6. The Bertz CT molecular complexity index is 518. The van der Waals surface area contributed by atoms with Crippen molar-refractivity contribution in [2.45, 2.75) is 56.8 Å². The number of rotatable bonds is 2. The Hall–Kier alpha value is -0.830. The number of carbonyl (C=O) groups is 1. The van der Waals surface area contributed by atoms with Gasteiger partial charge in [0.2, 0.25) is 0 Å². The van der Waals surface area contributed by atoms with Crippen molar-refractivity contribution >= 4 is 21.9 Å². The molecule has 1 unspecified atom stereocenters. The Labute approximate surface area is 129 Å². The molecule has 1 fully saturated rings. The highest BCUT2D eigenvalue weighted by molar-refractivity contribution is 9.10. The minimum atomic E-state index is -0.0962. The zero-order valence-corrected chi connectivity index (χ0v) is 13.5. The third-order valence-electron chi connectivity index (χ3n) is 4.87. The first-order valence-corrected chi connectivity index (χ1v) is 8.40. The summed E-state index contributed by atoms with van der Waals surface area (Å²) < 4.78 is 6.10. The maximum absolute atomic E-state index is 11.8. The van der Waals surface area contributed by atoms with Gasteiger partial charge < -0.3 is 4.74 Å². The molecule has 108 valence electrons. The number of hydrogen-bond donors (Lipinski definition) is 0. The molecule has 2 aliphatic rings. The van der Waals surface area contributed by atoms with Gasteiger partial charge in [0.05, 0.1) is 13.0 Å². The van der Waals surface area contributed by atoms with Gasteiger partial charge in [0, 0.05) is 4.47 Å². The summed E-state index contributed by atoms with van der Waals surface area (Å²) in [5.41, 5.74) is 3.97. The van der Waals surface area contributed by atoms with Crippen LogP contribution in [0.5, 0.6) is 0 Å². The summed E-state index contributed by atoms with van der Waals surface area (Å²) >= 11 is 3.73. The number of fused-ring (bicyclic) bond motifs is 1. The van der Waals surface area contributed by atoms with Crippen molar-refractivity contribution < 1.29 is 9.53 Å². The molecule has 20 heavy (non-hydrogen) atoms. The van der Waals surface area contributed by atoms with E-state index >= 15 is 0 Å². The SMILES string of the molecule is COC(=O)C1CCc2cc(C3CCCCC3)c(Br)cc21. The number of esters is 1. The van der Waals surface area contributed by atoms with E-state index in [9.17, 15) is 4.79 Å². The average Bonchev–Trinajstić information content (AvgIpc) is 2.89. The van der Waals surface area contributed by atoms with E-state index in [-0.39, 0.29) is 11.9 Å². The van der Waals surface area contributed by atoms with Gasteiger partial charge in [-0.25, -0.2) is 0 Å². The fraction of sp³-hybridized carbons (Fsp3) is 0.588. The summed E-state index contributed by atoms with van der Waals surface area (Å²) in [5.74, 6) is 0.536. The molecule has 2 nitrogen and oxygen atoms in total. The van der Waals surface area contributed by atoms with E-state index in [4.69, 9.17) is 4.74 Å². The molecular weight excluding hydrogens is 316 g/mol. The number of halogens is 1. The molecule has 1 aromatic rings. The van der Waals surface area contributed by atoms with Crippen LogP contribution >= 0.6 is 15.9 Å². The van der Waals surface area contributed by atoms with Crippen LogP contribution in [0.25, 0.3) is 0 Å². The second-order valence-electron chi connectivity index (χ2n) is 6.02. The van der Waals surface area contributed by atoms with Gasteiger partial charge in [0.15, 0.2) is 0 Å². The molecular formula is C17H21BrO2. The Morgan fingerprint density at radius 1 is 1.15 bits per heavy atom. The lowest BCUT2D eigenvalue weighted by atomic mass is 9.83. The Morgan fingerprint density at radius 2 is 1.90 bits per heavy atom. The molecule has 3 heteroatoms. The molecule has 1 aromatic carbocycles. The third-order valence-corrected chi connectivity index (χ3v) is 5.55. The second-order valence-corrected chi connectivity index (χ2v) is 6.88. The van der Waals surface area contributed by atoms with E-state index < -0.39 is 0 Å². The van der Waals surface area contributed by atoms with E-state index in [1.165, 1.54) is 60.4 Å². The molecule has 1 saturated carbocycles. The maximum Gasteiger partial charge on any atom is 0.313 e. The van der Waals surface area contributed by atoms with Gasteiger partial charge in [-0.05, 0) is 54.4 Å². The van der Waals surface area contributed by atoms with Crippen molar-refractivity contribution in [2.75, 3.05) is 7.11 Å². The first kappa shape index (κ1) is 14.1. The lowest BCUT2D eigenvalue weighted by Crippen LogP contribution is -2.12. The van der Waals surface area contributed by atoms with Crippen LogP contribution in [-0.2, 0) is 16.0 Å². The topological polar surface area (TPSA) is 26.3 Å². The number of aryl methyl sites for hydroxylation is 1. The molecule has 0 bridgehead atoms. The summed E-state index contributed by atoms with van der Waals surface area (Å²) in [5, 5.41) is 0. The molecule has 3 rings (SSSR count). The number of carbonyl (C=O) groups excluding carboxylic acids is 1. The predicted octanol–water partition coefficient (Wildman–Crippen LogP) is 4.70. The van der Waals surface area contributed by atoms with Crippen molar-refractivity contribution in [1.82, 2.24) is 0 Å². The van der Waals surface area contributed by atoms with Crippen LogP contribution in [-0.4, -0.2) is 13.1 Å². The Balaban J connectivity index is 1.91. The molecule has 0 heterocycles. The lowest BCUT2D eigenvalue weighted by molar-refractivity contribution is -0.142. The number of benzene rings is 1. The van der Waals surface area contributed by atoms with Crippen LogP contribution < -0.4 is 0 Å². The molecule has 0 aliphatic heterocycles. The number of methoxy groups -OCH3 is 1. The smallest absolute Gasteiger partial charge is 0.313 e. The van der Waals surface area contributed by atoms with Crippen LogP contribution in [0.1, 0.15) is 67.1 Å². The first-order chi connectivity index (χ1) is 9.70. The number of hydrogen-bond acceptors (Lipinski definition) is 2. The monoisotopic (exact) mass is 336 g/mol. The second kappa shape index (κ2) is 5.88. The zero-order valence-electron chi connectivity index (χ0n) is 12.0.